The maximum atomic E-state index is 10.0. The van der Waals surface area contributed by atoms with Gasteiger partial charge in [0.15, 0.2) is 5.78 Å². The molecule has 0 unspecified atom stereocenters. The number of carbonyl (C=O) groups excluding carboxylic acids is 1. The van der Waals surface area contributed by atoms with E-state index in [9.17, 15) is 4.79 Å². The van der Waals surface area contributed by atoms with Gasteiger partial charge >= 0.3 is 0 Å². The first-order valence-corrected chi connectivity index (χ1v) is 7.79. The van der Waals surface area contributed by atoms with Crippen molar-refractivity contribution < 1.29 is 34.7 Å². The molecule has 3 rings (SSSR count). The van der Waals surface area contributed by atoms with Gasteiger partial charge < -0.3 is 14.8 Å². The molecule has 0 aliphatic carbocycles. The molecule has 1 radical (unpaired) electrons. The first-order chi connectivity index (χ1) is 12.0. The normalized spacial score (nSPS) is 10.3. The van der Waals surface area contributed by atoms with Gasteiger partial charge in [0.1, 0.15) is 0 Å². The molecule has 0 amide bonds. The molecule has 137 valence electrons. The van der Waals surface area contributed by atoms with Crippen LogP contribution in [0.1, 0.15) is 13.8 Å². The zero-order valence-electron chi connectivity index (χ0n) is 14.8. The molecule has 0 saturated heterocycles. The zero-order chi connectivity index (χ0) is 18.2. The number of hydrogen-bond donors (Lipinski definition) is 1. The van der Waals surface area contributed by atoms with Crippen molar-refractivity contribution in [1.29, 1.82) is 0 Å². The standard InChI is InChI=1S/C16H12NO.C5H8O2.Ir/c1-18-14-8-6-13(7-9-14)16-15-5-3-2-4-12(15)10-11-17-16;1-4(6)3-5(2)7;/h2-6,8-11H,1H3;3,6H,1-2H3;/q-1;;. The van der Waals surface area contributed by atoms with Crippen LogP contribution >= 0.6 is 0 Å². The van der Waals surface area contributed by atoms with E-state index in [4.69, 9.17) is 9.84 Å². The fourth-order valence-corrected chi connectivity index (χ4v) is 2.31. The molecule has 0 saturated carbocycles. The smallest absolute Gasteiger partial charge is 0.155 e. The van der Waals surface area contributed by atoms with Crippen LogP contribution in [0.3, 0.4) is 0 Å². The molecule has 0 atom stereocenters. The van der Waals surface area contributed by atoms with E-state index in [0.717, 1.165) is 22.4 Å². The van der Waals surface area contributed by atoms with Crippen LogP contribution in [-0.4, -0.2) is 23.0 Å². The third-order valence-corrected chi connectivity index (χ3v) is 3.36. The van der Waals surface area contributed by atoms with Crippen LogP contribution in [0, 0.1) is 6.07 Å². The Morgan fingerprint density at radius 1 is 1.15 bits per heavy atom. The summed E-state index contributed by atoms with van der Waals surface area (Å²) in [6.45, 7) is 2.85. The van der Waals surface area contributed by atoms with Gasteiger partial charge in [-0.2, -0.15) is 0 Å². The summed E-state index contributed by atoms with van der Waals surface area (Å²) in [6.07, 6.45) is 3.00. The number of aliphatic hydroxyl groups is 1. The second kappa shape index (κ2) is 10.5. The van der Waals surface area contributed by atoms with Crippen LogP contribution in [0.15, 0.2) is 66.6 Å². The van der Waals surface area contributed by atoms with Gasteiger partial charge in [-0.15, -0.1) is 29.8 Å². The first-order valence-electron chi connectivity index (χ1n) is 7.79. The minimum atomic E-state index is -0.125. The molecule has 0 aliphatic heterocycles. The number of ether oxygens (including phenoxy) is 1. The number of carbonyl (C=O) groups is 1. The Balaban J connectivity index is 0.000000366. The summed E-state index contributed by atoms with van der Waals surface area (Å²) >= 11 is 0. The monoisotopic (exact) mass is 527 g/mol. The molecule has 0 fully saturated rings. The largest absolute Gasteiger partial charge is 0.540 e. The van der Waals surface area contributed by atoms with Crippen molar-refractivity contribution in [2.24, 2.45) is 0 Å². The van der Waals surface area contributed by atoms with E-state index in [-0.39, 0.29) is 31.6 Å². The molecule has 1 aromatic heterocycles. The summed E-state index contributed by atoms with van der Waals surface area (Å²) in [6, 6.07) is 19.2. The van der Waals surface area contributed by atoms with Crippen molar-refractivity contribution in [2.45, 2.75) is 13.8 Å². The van der Waals surface area contributed by atoms with Crippen molar-refractivity contribution in [2.75, 3.05) is 7.11 Å². The summed E-state index contributed by atoms with van der Waals surface area (Å²) in [7, 11) is 1.65. The molecule has 5 heteroatoms. The summed E-state index contributed by atoms with van der Waals surface area (Å²) in [5.74, 6) is 0.742. The Morgan fingerprint density at radius 2 is 1.88 bits per heavy atom. The number of allylic oxidation sites excluding steroid dienone is 2. The van der Waals surface area contributed by atoms with Crippen LogP contribution in [0.4, 0.5) is 0 Å². The minimum Gasteiger partial charge on any atom is -0.540 e. The van der Waals surface area contributed by atoms with Crippen molar-refractivity contribution in [3.8, 4) is 17.0 Å². The van der Waals surface area contributed by atoms with E-state index in [2.05, 4.69) is 23.2 Å². The number of methoxy groups -OCH3 is 1. The predicted molar refractivity (Wildman–Crippen MR) is 99.6 cm³/mol. The second-order valence-electron chi connectivity index (χ2n) is 5.42. The number of ketones is 1. The number of aromatic nitrogens is 1. The van der Waals surface area contributed by atoms with Gasteiger partial charge in [-0.1, -0.05) is 24.3 Å². The Hall–Kier alpha value is -2.49. The van der Waals surface area contributed by atoms with Gasteiger partial charge in [0.05, 0.1) is 12.9 Å². The van der Waals surface area contributed by atoms with Gasteiger partial charge in [-0.25, -0.2) is 0 Å². The molecule has 1 heterocycles. The van der Waals surface area contributed by atoms with Crippen molar-refractivity contribution in [1.82, 2.24) is 4.98 Å². The summed E-state index contributed by atoms with van der Waals surface area (Å²) in [5, 5.41) is 10.7. The topological polar surface area (TPSA) is 59.4 Å². The number of pyridine rings is 1. The number of nitrogens with zero attached hydrogens (tertiary/aromatic N) is 1. The maximum absolute atomic E-state index is 10.0. The second-order valence-corrected chi connectivity index (χ2v) is 5.42. The molecule has 0 aliphatic rings. The number of aliphatic hydroxyl groups excluding tert-OH is 1. The van der Waals surface area contributed by atoms with E-state index >= 15 is 0 Å². The molecule has 4 nitrogen and oxygen atoms in total. The van der Waals surface area contributed by atoms with Crippen molar-refractivity contribution in [3.63, 3.8) is 0 Å². The number of hydrogen-bond acceptors (Lipinski definition) is 4. The number of fused-ring (bicyclic) bond motifs is 1. The van der Waals surface area contributed by atoms with Crippen molar-refractivity contribution in [3.05, 3.63) is 72.6 Å². The average Bonchev–Trinajstić information content (AvgIpc) is 2.61. The van der Waals surface area contributed by atoms with Crippen LogP contribution in [0.2, 0.25) is 0 Å². The Labute approximate surface area is 166 Å². The number of benzene rings is 2. The van der Waals surface area contributed by atoms with Gasteiger partial charge in [-0.3, -0.25) is 4.79 Å². The van der Waals surface area contributed by atoms with Gasteiger partial charge in [-0.05, 0) is 36.4 Å². The summed E-state index contributed by atoms with van der Waals surface area (Å²) < 4.78 is 5.14. The van der Waals surface area contributed by atoms with Crippen molar-refractivity contribution >= 4 is 16.6 Å². The minimum absolute atomic E-state index is 0. The van der Waals surface area contributed by atoms with Crippen LogP contribution < -0.4 is 4.74 Å². The van der Waals surface area contributed by atoms with Crippen LogP contribution in [0.5, 0.6) is 5.75 Å². The molecule has 0 spiro atoms. The molecular weight excluding hydrogens is 506 g/mol. The average molecular weight is 527 g/mol. The molecule has 26 heavy (non-hydrogen) atoms. The third-order valence-electron chi connectivity index (χ3n) is 3.36. The Morgan fingerprint density at radius 3 is 2.42 bits per heavy atom. The van der Waals surface area contributed by atoms with Gasteiger partial charge in [0.25, 0.3) is 0 Å². The van der Waals surface area contributed by atoms with Gasteiger partial charge in [0.2, 0.25) is 0 Å². The maximum Gasteiger partial charge on any atom is 0.155 e. The molecular formula is C21H20IrNO3-. The SMILES string of the molecule is CC(=O)C=C(C)O.COc1c[c-]c(-c2nccc3ccccc23)cc1.[Ir]. The quantitative estimate of drug-likeness (QED) is 0.304. The van der Waals surface area contributed by atoms with E-state index in [1.54, 1.807) is 7.11 Å². The van der Waals surface area contributed by atoms with E-state index in [1.165, 1.54) is 25.3 Å². The molecule has 1 N–H and O–H groups in total. The fourth-order valence-electron chi connectivity index (χ4n) is 2.31. The summed E-state index contributed by atoms with van der Waals surface area (Å²) in [5.41, 5.74) is 1.93. The molecule has 2 aromatic carbocycles. The summed E-state index contributed by atoms with van der Waals surface area (Å²) in [4.78, 5) is 14.5. The van der Waals surface area contributed by atoms with E-state index in [0.29, 0.717) is 0 Å². The Kier molecular flexibility index (Phi) is 8.69. The first kappa shape index (κ1) is 21.6. The molecule has 0 bridgehead atoms. The third kappa shape index (κ3) is 6.10. The molecule has 3 aromatic rings. The Bertz CT molecular complexity index is 880. The van der Waals surface area contributed by atoms with Crippen LogP contribution in [0.25, 0.3) is 22.0 Å². The van der Waals surface area contributed by atoms with E-state index in [1.807, 2.05) is 42.6 Å². The van der Waals surface area contributed by atoms with E-state index < -0.39 is 0 Å². The fraction of sp³-hybridized carbons (Fsp3) is 0.143. The number of rotatable bonds is 3. The van der Waals surface area contributed by atoms with Crippen LogP contribution in [-0.2, 0) is 24.9 Å². The van der Waals surface area contributed by atoms with Gasteiger partial charge in [0, 0.05) is 38.1 Å². The zero-order valence-corrected chi connectivity index (χ0v) is 17.2. The predicted octanol–water partition coefficient (Wildman–Crippen LogP) is 4.75.